The number of fused-ring (bicyclic) bond motifs is 1. The van der Waals surface area contributed by atoms with Gasteiger partial charge >= 0.3 is 0 Å². The molecule has 0 aliphatic heterocycles. The fraction of sp³-hybridized carbons (Fsp3) is 0. The molecule has 2 nitrogen and oxygen atoms in total. The van der Waals surface area contributed by atoms with Gasteiger partial charge in [0.05, 0.1) is 0 Å². The number of phenolic OH excluding ortho intramolecular Hbond substituents is 2. The topological polar surface area (TPSA) is 40.5 Å². The van der Waals surface area contributed by atoms with Crippen molar-refractivity contribution in [2.75, 3.05) is 0 Å². The van der Waals surface area contributed by atoms with Crippen LogP contribution in [0.2, 0.25) is 0 Å². The van der Waals surface area contributed by atoms with Crippen molar-refractivity contribution in [1.82, 2.24) is 0 Å². The van der Waals surface area contributed by atoms with Crippen molar-refractivity contribution in [2.24, 2.45) is 0 Å². The predicted octanol–water partition coefficient (Wildman–Crippen LogP) is 6.04. The van der Waals surface area contributed by atoms with Crippen molar-refractivity contribution in [3.8, 4) is 21.9 Å². The van der Waals surface area contributed by atoms with Crippen LogP contribution in [0.1, 0.15) is 11.1 Å². The number of hydrogen-bond donors (Lipinski definition) is 2. The Morgan fingerprint density at radius 2 is 1.36 bits per heavy atom. The molecule has 3 aromatic carbocycles. The molecule has 0 aliphatic carbocycles. The molecule has 0 bridgehead atoms. The van der Waals surface area contributed by atoms with E-state index in [1.807, 2.05) is 36.4 Å². The maximum Gasteiger partial charge on any atom is 0.115 e. The van der Waals surface area contributed by atoms with Gasteiger partial charge in [0.1, 0.15) is 11.5 Å². The predicted molar refractivity (Wildman–Crippen MR) is 105 cm³/mol. The van der Waals surface area contributed by atoms with Gasteiger partial charge in [0.2, 0.25) is 0 Å². The quantitative estimate of drug-likeness (QED) is 0.475. The molecule has 0 amide bonds. The lowest BCUT2D eigenvalue weighted by atomic mass is 9.94. The molecule has 4 rings (SSSR count). The average molecular weight is 344 g/mol. The van der Waals surface area contributed by atoms with Crippen molar-refractivity contribution in [3.63, 3.8) is 0 Å². The van der Waals surface area contributed by atoms with Crippen LogP contribution in [0.3, 0.4) is 0 Å². The first-order chi connectivity index (χ1) is 12.1. The third kappa shape index (κ3) is 2.79. The van der Waals surface area contributed by atoms with Crippen LogP contribution in [0.15, 0.2) is 79.4 Å². The Hall–Kier alpha value is -3.04. The third-order valence-corrected chi connectivity index (χ3v) is 5.46. The number of thiophene rings is 1. The second-order valence-electron chi connectivity index (χ2n) is 5.87. The Labute approximate surface area is 149 Å². The fourth-order valence-electron chi connectivity index (χ4n) is 2.97. The molecule has 0 saturated carbocycles. The van der Waals surface area contributed by atoms with Gasteiger partial charge in [0.15, 0.2) is 0 Å². The second kappa shape index (κ2) is 6.11. The lowest BCUT2D eigenvalue weighted by molar-refractivity contribution is 0.475. The van der Waals surface area contributed by atoms with Crippen molar-refractivity contribution >= 4 is 27.0 Å². The minimum absolute atomic E-state index is 0.241. The Kier molecular flexibility index (Phi) is 3.79. The first-order valence-corrected chi connectivity index (χ1v) is 8.75. The van der Waals surface area contributed by atoms with E-state index in [1.54, 1.807) is 35.6 Å². The lowest BCUT2D eigenvalue weighted by Crippen LogP contribution is -1.88. The van der Waals surface area contributed by atoms with Crippen LogP contribution in [-0.4, -0.2) is 10.2 Å². The van der Waals surface area contributed by atoms with Gasteiger partial charge in [0, 0.05) is 20.5 Å². The Bertz CT molecular complexity index is 1060. The molecular weight excluding hydrogens is 328 g/mol. The largest absolute Gasteiger partial charge is 0.508 e. The first-order valence-electron chi connectivity index (χ1n) is 7.93. The normalized spacial score (nSPS) is 10.9. The molecule has 1 heterocycles. The molecule has 1 aromatic heterocycles. The summed E-state index contributed by atoms with van der Waals surface area (Å²) in [5, 5.41) is 20.3. The molecule has 0 spiro atoms. The highest BCUT2D eigenvalue weighted by Crippen LogP contribution is 2.43. The van der Waals surface area contributed by atoms with Crippen molar-refractivity contribution in [2.45, 2.75) is 0 Å². The molecule has 0 aliphatic rings. The first kappa shape index (κ1) is 15.5. The summed E-state index contributed by atoms with van der Waals surface area (Å²) in [5.41, 5.74) is 4.04. The van der Waals surface area contributed by atoms with Crippen LogP contribution in [0.5, 0.6) is 11.5 Å². The summed E-state index contributed by atoms with van der Waals surface area (Å²) >= 11 is 1.72. The fourth-order valence-corrected chi connectivity index (χ4v) is 4.20. The molecule has 122 valence electrons. The van der Waals surface area contributed by atoms with E-state index in [0.717, 1.165) is 32.5 Å². The smallest absolute Gasteiger partial charge is 0.115 e. The maximum absolute atomic E-state index is 9.59. The summed E-state index contributed by atoms with van der Waals surface area (Å²) in [4.78, 5) is 1.12. The zero-order valence-electron chi connectivity index (χ0n) is 13.4. The average Bonchev–Trinajstić information content (AvgIpc) is 3.02. The monoisotopic (exact) mass is 344 g/mol. The molecule has 3 heteroatoms. The number of rotatable bonds is 3. The highest BCUT2D eigenvalue weighted by molar-refractivity contribution is 7.22. The molecule has 0 radical (unpaired) electrons. The van der Waals surface area contributed by atoms with Gasteiger partial charge in [-0.2, -0.15) is 0 Å². The van der Waals surface area contributed by atoms with E-state index in [0.29, 0.717) is 0 Å². The lowest BCUT2D eigenvalue weighted by Gasteiger charge is -2.10. The summed E-state index contributed by atoms with van der Waals surface area (Å²) in [5.74, 6) is 0.495. The van der Waals surface area contributed by atoms with Gasteiger partial charge in [-0.25, -0.2) is 0 Å². The van der Waals surface area contributed by atoms with E-state index < -0.39 is 0 Å². The summed E-state index contributed by atoms with van der Waals surface area (Å²) in [6.45, 7) is 4.33. The minimum atomic E-state index is 0.241. The van der Waals surface area contributed by atoms with Gasteiger partial charge in [-0.1, -0.05) is 36.9 Å². The third-order valence-electron chi connectivity index (χ3n) is 4.24. The van der Waals surface area contributed by atoms with Crippen molar-refractivity contribution in [3.05, 3.63) is 90.5 Å². The van der Waals surface area contributed by atoms with E-state index in [1.165, 1.54) is 4.70 Å². The molecule has 0 atom stereocenters. The van der Waals surface area contributed by atoms with Crippen LogP contribution in [0.25, 0.3) is 26.1 Å². The van der Waals surface area contributed by atoms with E-state index >= 15 is 0 Å². The summed E-state index contributed by atoms with van der Waals surface area (Å²) < 4.78 is 1.19. The molecule has 25 heavy (non-hydrogen) atoms. The maximum atomic E-state index is 9.59. The standard InChI is InChI=1S/C22H16O2S/c1-14(15-6-10-17(23)11-7-15)21-19-4-2-3-5-20(19)25-22(21)16-8-12-18(24)13-9-16/h2-13,23-24H,1H2. The zero-order chi connectivity index (χ0) is 17.4. The number of benzene rings is 3. The van der Waals surface area contributed by atoms with Crippen molar-refractivity contribution in [1.29, 1.82) is 0 Å². The van der Waals surface area contributed by atoms with Gasteiger partial charge in [-0.15, -0.1) is 11.3 Å². The molecule has 0 saturated heterocycles. The summed E-state index contributed by atoms with van der Waals surface area (Å²) in [6.07, 6.45) is 0. The number of aromatic hydroxyl groups is 2. The Morgan fingerprint density at radius 3 is 2.04 bits per heavy atom. The Morgan fingerprint density at radius 1 is 0.760 bits per heavy atom. The van der Waals surface area contributed by atoms with Crippen LogP contribution < -0.4 is 0 Å². The van der Waals surface area contributed by atoms with E-state index in [-0.39, 0.29) is 11.5 Å². The van der Waals surface area contributed by atoms with Crippen molar-refractivity contribution < 1.29 is 10.2 Å². The van der Waals surface area contributed by atoms with Crippen LogP contribution >= 0.6 is 11.3 Å². The van der Waals surface area contributed by atoms with Gasteiger partial charge in [-0.3, -0.25) is 0 Å². The molecule has 0 unspecified atom stereocenters. The highest BCUT2D eigenvalue weighted by atomic mass is 32.1. The van der Waals surface area contributed by atoms with Crippen LogP contribution in [0.4, 0.5) is 0 Å². The molecule has 0 fully saturated rings. The van der Waals surface area contributed by atoms with Crippen LogP contribution in [-0.2, 0) is 0 Å². The zero-order valence-corrected chi connectivity index (χ0v) is 14.3. The minimum Gasteiger partial charge on any atom is -0.508 e. The van der Waals surface area contributed by atoms with Crippen LogP contribution in [0, 0.1) is 0 Å². The van der Waals surface area contributed by atoms with Gasteiger partial charge in [0.25, 0.3) is 0 Å². The summed E-state index contributed by atoms with van der Waals surface area (Å²) in [6, 6.07) is 22.6. The molecule has 2 N–H and O–H groups in total. The van der Waals surface area contributed by atoms with Gasteiger partial charge < -0.3 is 10.2 Å². The number of phenols is 2. The SMILES string of the molecule is C=C(c1ccc(O)cc1)c1c(-c2ccc(O)cc2)sc2ccccc12. The van der Waals surface area contributed by atoms with E-state index in [2.05, 4.69) is 18.7 Å². The molecule has 4 aromatic rings. The highest BCUT2D eigenvalue weighted by Gasteiger charge is 2.17. The van der Waals surface area contributed by atoms with E-state index in [9.17, 15) is 10.2 Å². The molecular formula is C22H16O2S. The second-order valence-corrected chi connectivity index (χ2v) is 6.93. The number of hydrogen-bond acceptors (Lipinski definition) is 3. The van der Waals surface area contributed by atoms with E-state index in [4.69, 9.17) is 0 Å². The summed E-state index contributed by atoms with van der Waals surface area (Å²) in [7, 11) is 0. The Balaban J connectivity index is 1.94. The van der Waals surface area contributed by atoms with Gasteiger partial charge in [-0.05, 0) is 59.2 Å².